The van der Waals surface area contributed by atoms with E-state index >= 15 is 0 Å². The lowest BCUT2D eigenvalue weighted by Crippen LogP contribution is -2.12. The molecular weight excluding hydrogens is 267 g/mol. The molecule has 0 radical (unpaired) electrons. The topological polar surface area (TPSA) is 42.0 Å². The summed E-state index contributed by atoms with van der Waals surface area (Å²) in [5, 5.41) is 2.87. The molecule has 0 aliphatic heterocycles. The van der Waals surface area contributed by atoms with Gasteiger partial charge in [-0.05, 0) is 23.7 Å². The van der Waals surface area contributed by atoms with Crippen LogP contribution in [0.4, 0.5) is 5.69 Å². The highest BCUT2D eigenvalue weighted by Gasteiger charge is 2.17. The van der Waals surface area contributed by atoms with Crippen LogP contribution >= 0.6 is 34.7 Å². The van der Waals surface area contributed by atoms with Gasteiger partial charge in [0.05, 0.1) is 0 Å². The van der Waals surface area contributed by atoms with Crippen LogP contribution in [0, 0.1) is 0 Å². The van der Waals surface area contributed by atoms with Crippen LogP contribution in [0.1, 0.15) is 10.5 Å². The zero-order valence-electron chi connectivity index (χ0n) is 7.91. The Morgan fingerprint density at radius 2 is 1.94 bits per heavy atom. The number of nitrogens with one attached hydrogen (secondary N) is 1. The van der Waals surface area contributed by atoms with Crippen molar-refractivity contribution in [1.82, 2.24) is 4.37 Å². The van der Waals surface area contributed by atoms with E-state index in [1.807, 2.05) is 18.2 Å². The highest BCUT2D eigenvalue weighted by molar-refractivity contribution is 7.11. The van der Waals surface area contributed by atoms with E-state index in [9.17, 15) is 4.79 Å². The summed E-state index contributed by atoms with van der Waals surface area (Å²) in [5.41, 5.74) is 0.841. The molecule has 1 N–H and O–H groups in total. The Hall–Kier alpha value is -1.10. The van der Waals surface area contributed by atoms with Gasteiger partial charge in [0.15, 0.2) is 5.69 Å². The van der Waals surface area contributed by atoms with E-state index in [1.165, 1.54) is 0 Å². The number of para-hydroxylation sites is 1. The van der Waals surface area contributed by atoms with Crippen LogP contribution in [-0.2, 0) is 0 Å². The summed E-state index contributed by atoms with van der Waals surface area (Å²) >= 11 is 12.5. The third-order valence-corrected chi connectivity index (χ3v) is 3.46. The van der Waals surface area contributed by atoms with Gasteiger partial charge in [0.2, 0.25) is 0 Å². The smallest absolute Gasteiger partial charge is 0.276 e. The lowest BCUT2D eigenvalue weighted by molar-refractivity contribution is 0.102. The van der Waals surface area contributed by atoms with Crippen LogP contribution in [0.5, 0.6) is 0 Å². The van der Waals surface area contributed by atoms with Crippen LogP contribution in [0.15, 0.2) is 30.3 Å². The number of rotatable bonds is 2. The Morgan fingerprint density at radius 3 is 2.50 bits per heavy atom. The zero-order valence-corrected chi connectivity index (χ0v) is 10.2. The molecule has 0 aliphatic carbocycles. The zero-order chi connectivity index (χ0) is 11.5. The van der Waals surface area contributed by atoms with Crippen LogP contribution in [0.3, 0.4) is 0 Å². The molecule has 82 valence electrons. The summed E-state index contributed by atoms with van der Waals surface area (Å²) in [5.74, 6) is -0.362. The third-order valence-electron chi connectivity index (χ3n) is 1.84. The van der Waals surface area contributed by atoms with Crippen molar-refractivity contribution in [3.8, 4) is 0 Å². The molecule has 2 aromatic rings. The van der Waals surface area contributed by atoms with Crippen molar-refractivity contribution in [2.24, 2.45) is 0 Å². The van der Waals surface area contributed by atoms with Crippen LogP contribution < -0.4 is 5.32 Å². The Balaban J connectivity index is 2.18. The molecule has 0 aliphatic rings. The second-order valence-corrected chi connectivity index (χ2v) is 4.69. The fourth-order valence-electron chi connectivity index (χ4n) is 1.11. The highest BCUT2D eigenvalue weighted by atomic mass is 35.5. The van der Waals surface area contributed by atoms with Crippen LogP contribution in [0.2, 0.25) is 9.36 Å². The molecule has 1 aromatic carbocycles. The average Bonchev–Trinajstić information content (AvgIpc) is 2.61. The van der Waals surface area contributed by atoms with E-state index in [1.54, 1.807) is 12.1 Å². The molecule has 0 saturated heterocycles. The normalized spacial score (nSPS) is 10.1. The molecule has 1 amide bonds. The number of benzene rings is 1. The number of carbonyl (C=O) groups is 1. The van der Waals surface area contributed by atoms with Crippen molar-refractivity contribution in [3.63, 3.8) is 0 Å². The van der Waals surface area contributed by atoms with Gasteiger partial charge in [-0.1, -0.05) is 41.4 Å². The Kier molecular flexibility index (Phi) is 3.43. The maximum Gasteiger partial charge on any atom is 0.276 e. The molecule has 0 spiro atoms. The number of hydrogen-bond acceptors (Lipinski definition) is 3. The molecule has 16 heavy (non-hydrogen) atoms. The van der Waals surface area contributed by atoms with Gasteiger partial charge in [-0.2, -0.15) is 4.37 Å². The van der Waals surface area contributed by atoms with E-state index < -0.39 is 0 Å². The van der Waals surface area contributed by atoms with Gasteiger partial charge in [-0.15, -0.1) is 0 Å². The summed E-state index contributed by atoms with van der Waals surface area (Å²) in [6, 6.07) is 9.07. The van der Waals surface area contributed by atoms with Gasteiger partial charge in [0.1, 0.15) is 9.36 Å². The average molecular weight is 273 g/mol. The highest BCUT2D eigenvalue weighted by Crippen LogP contribution is 2.29. The maximum absolute atomic E-state index is 11.7. The first kappa shape index (κ1) is 11.4. The van der Waals surface area contributed by atoms with Gasteiger partial charge in [-0.3, -0.25) is 4.79 Å². The Bertz CT molecular complexity index is 513. The van der Waals surface area contributed by atoms with Crippen molar-refractivity contribution < 1.29 is 4.79 Å². The molecule has 0 bridgehead atoms. The molecule has 3 nitrogen and oxygen atoms in total. The molecule has 2 rings (SSSR count). The lowest BCUT2D eigenvalue weighted by atomic mass is 10.3. The molecular formula is C10H6Cl2N2OS. The standard InChI is InChI=1S/C10H6Cl2N2OS/c11-7-8(14-16-9(7)12)10(15)13-6-4-2-1-3-5-6/h1-5H,(H,13,15). The fraction of sp³-hybridized carbons (Fsp3) is 0. The monoisotopic (exact) mass is 272 g/mol. The van der Waals surface area contributed by atoms with Gasteiger partial charge in [-0.25, -0.2) is 0 Å². The van der Waals surface area contributed by atoms with E-state index in [4.69, 9.17) is 23.2 Å². The number of hydrogen-bond donors (Lipinski definition) is 1. The van der Waals surface area contributed by atoms with E-state index in [0.717, 1.165) is 11.5 Å². The predicted octanol–water partition coefficient (Wildman–Crippen LogP) is 3.70. The number of aromatic nitrogens is 1. The number of amides is 1. The summed E-state index contributed by atoms with van der Waals surface area (Å²) in [6.07, 6.45) is 0. The maximum atomic E-state index is 11.7. The summed E-state index contributed by atoms with van der Waals surface area (Å²) in [6.45, 7) is 0. The van der Waals surface area contributed by atoms with Crippen molar-refractivity contribution >= 4 is 46.3 Å². The first-order chi connectivity index (χ1) is 7.68. The molecule has 0 unspecified atom stereocenters. The number of halogens is 2. The number of nitrogens with zero attached hydrogens (tertiary/aromatic N) is 1. The molecule has 0 atom stereocenters. The summed E-state index contributed by atoms with van der Waals surface area (Å²) in [4.78, 5) is 11.7. The summed E-state index contributed by atoms with van der Waals surface area (Å²) in [7, 11) is 0. The first-order valence-electron chi connectivity index (χ1n) is 4.35. The van der Waals surface area contributed by atoms with Crippen LogP contribution in [-0.4, -0.2) is 10.3 Å². The fourth-order valence-corrected chi connectivity index (χ4v) is 2.11. The van der Waals surface area contributed by atoms with Crippen molar-refractivity contribution in [2.75, 3.05) is 5.32 Å². The predicted molar refractivity (Wildman–Crippen MR) is 66.5 cm³/mol. The second-order valence-electron chi connectivity index (χ2n) is 2.94. The van der Waals surface area contributed by atoms with E-state index in [2.05, 4.69) is 9.69 Å². The first-order valence-corrected chi connectivity index (χ1v) is 5.88. The molecule has 1 aromatic heterocycles. The van der Waals surface area contributed by atoms with Crippen molar-refractivity contribution in [2.45, 2.75) is 0 Å². The Morgan fingerprint density at radius 1 is 1.25 bits per heavy atom. The molecule has 6 heteroatoms. The van der Waals surface area contributed by atoms with Crippen molar-refractivity contribution in [3.05, 3.63) is 45.4 Å². The van der Waals surface area contributed by atoms with E-state index in [-0.39, 0.29) is 16.6 Å². The minimum absolute atomic E-state index is 0.153. The quantitative estimate of drug-likeness (QED) is 0.906. The minimum atomic E-state index is -0.362. The van der Waals surface area contributed by atoms with Gasteiger partial charge >= 0.3 is 0 Å². The molecule has 0 fully saturated rings. The number of anilines is 1. The van der Waals surface area contributed by atoms with Gasteiger partial charge < -0.3 is 5.32 Å². The van der Waals surface area contributed by atoms with Crippen molar-refractivity contribution in [1.29, 1.82) is 0 Å². The van der Waals surface area contributed by atoms with E-state index in [0.29, 0.717) is 10.0 Å². The van der Waals surface area contributed by atoms with Gasteiger partial charge in [0, 0.05) is 5.69 Å². The molecule has 1 heterocycles. The van der Waals surface area contributed by atoms with Gasteiger partial charge in [0.25, 0.3) is 5.91 Å². The lowest BCUT2D eigenvalue weighted by Gasteiger charge is -2.02. The minimum Gasteiger partial charge on any atom is -0.321 e. The largest absolute Gasteiger partial charge is 0.321 e. The van der Waals surface area contributed by atoms with Crippen LogP contribution in [0.25, 0.3) is 0 Å². The SMILES string of the molecule is O=C(Nc1ccccc1)c1nsc(Cl)c1Cl. The number of carbonyl (C=O) groups excluding carboxylic acids is 1. The second kappa shape index (κ2) is 4.82. The third kappa shape index (κ3) is 2.35. The Labute approximate surface area is 106 Å². The molecule has 0 saturated carbocycles. The summed E-state index contributed by atoms with van der Waals surface area (Å²) < 4.78 is 4.20.